The number of pyridine rings is 1. The molecular weight excluding hydrogens is 394 g/mol. The van der Waals surface area contributed by atoms with Gasteiger partial charge in [-0.2, -0.15) is 0 Å². The lowest BCUT2D eigenvalue weighted by atomic mass is 9.75. The number of hydrogen-bond acceptors (Lipinski definition) is 2. The molecule has 0 atom stereocenters. The van der Waals surface area contributed by atoms with E-state index < -0.39 is 0 Å². The number of nitrogens with zero attached hydrogens (tertiary/aromatic N) is 1. The Morgan fingerprint density at radius 2 is 1.75 bits per heavy atom. The van der Waals surface area contributed by atoms with Crippen LogP contribution in [0.2, 0.25) is 0 Å². The van der Waals surface area contributed by atoms with Crippen molar-refractivity contribution in [2.75, 3.05) is 0 Å². The summed E-state index contributed by atoms with van der Waals surface area (Å²) in [5, 5.41) is 1.16. The summed E-state index contributed by atoms with van der Waals surface area (Å²) in [6.07, 6.45) is 3.33. The first kappa shape index (κ1) is 20.8. The van der Waals surface area contributed by atoms with E-state index in [1.54, 1.807) is 0 Å². The molecule has 0 saturated heterocycles. The monoisotopic (exact) mass is 426 g/mol. The van der Waals surface area contributed by atoms with Crippen molar-refractivity contribution in [3.05, 3.63) is 76.5 Å². The molecule has 5 rings (SSSR count). The fourth-order valence-corrected chi connectivity index (χ4v) is 5.28. The van der Waals surface area contributed by atoms with Crippen molar-refractivity contribution < 1.29 is 13.7 Å². The first-order valence-corrected chi connectivity index (χ1v) is 11.5. The molecule has 1 aliphatic rings. The summed E-state index contributed by atoms with van der Waals surface area (Å²) < 4.78 is 14.9. The predicted molar refractivity (Wildman–Crippen MR) is 129 cm³/mol. The van der Waals surface area contributed by atoms with Crippen molar-refractivity contribution in [1.82, 2.24) is 0 Å². The summed E-state index contributed by atoms with van der Waals surface area (Å²) in [4.78, 5) is 0. The fourth-order valence-electron chi connectivity index (χ4n) is 5.28. The minimum Gasteiger partial charge on any atom is -0.425 e. The molecule has 2 aromatic heterocycles. The molecule has 3 heterocycles. The number of aryl methyl sites for hydroxylation is 3. The molecule has 0 aliphatic carbocycles. The van der Waals surface area contributed by atoms with E-state index >= 15 is 0 Å². The Morgan fingerprint density at radius 1 is 1.00 bits per heavy atom. The Labute approximate surface area is 190 Å². The number of fused-ring (bicyclic) bond motifs is 4. The van der Waals surface area contributed by atoms with Gasteiger partial charge in [0.05, 0.1) is 11.1 Å². The zero-order valence-electron chi connectivity index (χ0n) is 20.2. The van der Waals surface area contributed by atoms with Crippen LogP contribution in [-0.2, 0) is 18.9 Å². The third kappa shape index (κ3) is 3.06. The Bertz CT molecular complexity index is 1360. The Morgan fingerprint density at radius 3 is 2.50 bits per heavy atom. The average molecular weight is 427 g/mol. The van der Waals surface area contributed by atoms with E-state index in [0.717, 1.165) is 28.7 Å². The van der Waals surface area contributed by atoms with Gasteiger partial charge in [0.15, 0.2) is 6.20 Å². The SMILES string of the molecule is Cc1c[n+](C)c(-c2c(C)ccc3oc4c(c23)C(C)(C)c2ccccc2O4)cc1CC(C)C. The molecular formula is C29H32NO2+. The van der Waals surface area contributed by atoms with Crippen LogP contribution in [0, 0.1) is 19.8 Å². The smallest absolute Gasteiger partial charge is 0.295 e. The van der Waals surface area contributed by atoms with Crippen LogP contribution in [0.3, 0.4) is 0 Å². The number of rotatable bonds is 3. The quantitative estimate of drug-likeness (QED) is 0.325. The second kappa shape index (κ2) is 7.23. The highest BCUT2D eigenvalue weighted by atomic mass is 16.6. The lowest BCUT2D eigenvalue weighted by Gasteiger charge is -2.31. The van der Waals surface area contributed by atoms with E-state index in [9.17, 15) is 0 Å². The number of para-hydroxylation sites is 1. The Kier molecular flexibility index (Phi) is 4.70. The first-order valence-electron chi connectivity index (χ1n) is 11.5. The second-order valence-electron chi connectivity index (χ2n) is 10.2. The van der Waals surface area contributed by atoms with Gasteiger partial charge >= 0.3 is 0 Å². The Balaban J connectivity index is 1.83. The van der Waals surface area contributed by atoms with Crippen LogP contribution in [0.4, 0.5) is 0 Å². The summed E-state index contributed by atoms with van der Waals surface area (Å²) in [5.41, 5.74) is 9.40. The van der Waals surface area contributed by atoms with E-state index in [0.29, 0.717) is 11.9 Å². The van der Waals surface area contributed by atoms with Crippen LogP contribution < -0.4 is 9.30 Å². The molecule has 0 amide bonds. The van der Waals surface area contributed by atoms with Crippen molar-refractivity contribution >= 4 is 11.0 Å². The number of furan rings is 1. The van der Waals surface area contributed by atoms with Gasteiger partial charge in [-0.05, 0) is 49.4 Å². The van der Waals surface area contributed by atoms with Crippen molar-refractivity contribution in [2.24, 2.45) is 13.0 Å². The van der Waals surface area contributed by atoms with Crippen LogP contribution >= 0.6 is 0 Å². The summed E-state index contributed by atoms with van der Waals surface area (Å²) in [6, 6.07) is 14.9. The van der Waals surface area contributed by atoms with Crippen LogP contribution in [0.1, 0.15) is 55.5 Å². The topological polar surface area (TPSA) is 26.2 Å². The maximum absolute atomic E-state index is 6.33. The molecule has 32 heavy (non-hydrogen) atoms. The minimum atomic E-state index is -0.234. The molecule has 3 heteroatoms. The molecule has 0 unspecified atom stereocenters. The number of ether oxygens (including phenoxy) is 1. The highest BCUT2D eigenvalue weighted by Crippen LogP contribution is 2.53. The van der Waals surface area contributed by atoms with Gasteiger partial charge in [-0.25, -0.2) is 4.57 Å². The van der Waals surface area contributed by atoms with Gasteiger partial charge in [-0.3, -0.25) is 0 Å². The molecule has 2 aromatic carbocycles. The number of aromatic nitrogens is 1. The molecule has 0 N–H and O–H groups in total. The number of benzene rings is 2. The van der Waals surface area contributed by atoms with Gasteiger partial charge in [0.25, 0.3) is 5.95 Å². The molecule has 164 valence electrons. The zero-order valence-corrected chi connectivity index (χ0v) is 20.2. The van der Waals surface area contributed by atoms with Gasteiger partial charge in [-0.1, -0.05) is 52.0 Å². The zero-order chi connectivity index (χ0) is 22.8. The van der Waals surface area contributed by atoms with Crippen molar-refractivity contribution in [1.29, 1.82) is 0 Å². The highest BCUT2D eigenvalue weighted by Gasteiger charge is 2.40. The van der Waals surface area contributed by atoms with Gasteiger partial charge in [0, 0.05) is 28.0 Å². The molecule has 3 nitrogen and oxygen atoms in total. The normalized spacial score (nSPS) is 14.4. The summed E-state index contributed by atoms with van der Waals surface area (Å²) in [6.45, 7) is 13.5. The fraction of sp³-hybridized carbons (Fsp3) is 0.345. The largest absolute Gasteiger partial charge is 0.425 e. The summed E-state index contributed by atoms with van der Waals surface area (Å²) in [7, 11) is 2.14. The van der Waals surface area contributed by atoms with Crippen molar-refractivity contribution in [3.63, 3.8) is 0 Å². The molecule has 0 radical (unpaired) electrons. The second-order valence-corrected chi connectivity index (χ2v) is 10.2. The molecule has 4 aromatic rings. The third-order valence-corrected chi connectivity index (χ3v) is 6.89. The van der Waals surface area contributed by atoms with Crippen molar-refractivity contribution in [3.8, 4) is 23.0 Å². The van der Waals surface area contributed by atoms with Gasteiger partial charge in [0.2, 0.25) is 5.69 Å². The minimum absolute atomic E-state index is 0.234. The third-order valence-electron chi connectivity index (χ3n) is 6.89. The van der Waals surface area contributed by atoms with Gasteiger partial charge in [0.1, 0.15) is 18.4 Å². The van der Waals surface area contributed by atoms with Gasteiger partial charge < -0.3 is 9.15 Å². The van der Waals surface area contributed by atoms with Crippen LogP contribution in [0.25, 0.3) is 22.2 Å². The maximum atomic E-state index is 6.33. The van der Waals surface area contributed by atoms with E-state index in [4.69, 9.17) is 9.15 Å². The van der Waals surface area contributed by atoms with Crippen LogP contribution in [0.5, 0.6) is 11.7 Å². The standard InChI is InChI=1S/C29H32NO2/c1-17(2)14-20-15-22(30(7)16-19(20)4)25-18(3)12-13-24-26(25)27-28(32-24)31-23-11-9-8-10-21(23)29(27,5)6/h8-13,15-17H,14H2,1-7H3/q+1. The van der Waals surface area contributed by atoms with E-state index in [1.807, 2.05) is 12.1 Å². The van der Waals surface area contributed by atoms with Gasteiger partial charge in [-0.15, -0.1) is 0 Å². The molecule has 0 spiro atoms. The lowest BCUT2D eigenvalue weighted by Crippen LogP contribution is -2.32. The van der Waals surface area contributed by atoms with E-state index in [2.05, 4.69) is 89.7 Å². The summed E-state index contributed by atoms with van der Waals surface area (Å²) >= 11 is 0. The lowest BCUT2D eigenvalue weighted by molar-refractivity contribution is -0.660. The summed E-state index contributed by atoms with van der Waals surface area (Å²) in [5.74, 6) is 2.10. The first-order chi connectivity index (χ1) is 15.2. The molecule has 0 bridgehead atoms. The molecule has 0 fully saturated rings. The predicted octanol–water partition coefficient (Wildman–Crippen LogP) is 7.17. The van der Waals surface area contributed by atoms with Crippen LogP contribution in [-0.4, -0.2) is 0 Å². The highest BCUT2D eigenvalue weighted by molar-refractivity contribution is 5.99. The molecule has 0 saturated carbocycles. The average Bonchev–Trinajstić information content (AvgIpc) is 3.09. The van der Waals surface area contributed by atoms with E-state index in [1.165, 1.54) is 33.5 Å². The van der Waals surface area contributed by atoms with E-state index in [-0.39, 0.29) is 5.41 Å². The maximum Gasteiger partial charge on any atom is 0.295 e. The number of hydrogen-bond donors (Lipinski definition) is 0. The van der Waals surface area contributed by atoms with Crippen LogP contribution in [0.15, 0.2) is 53.1 Å². The molecule has 1 aliphatic heterocycles. The Hall–Kier alpha value is -3.07. The van der Waals surface area contributed by atoms with Crippen molar-refractivity contribution in [2.45, 2.75) is 53.4 Å².